The first-order chi connectivity index (χ1) is 6.37. The van der Waals surface area contributed by atoms with Gasteiger partial charge in [-0.05, 0) is 6.42 Å². The van der Waals surface area contributed by atoms with E-state index in [-0.39, 0.29) is 18.6 Å². The molecule has 0 rings (SSSR count). The minimum Gasteiger partial charge on any atom is -0.481 e. The molecule has 0 radical (unpaired) electrons. The Hall–Kier alpha value is -1.11. The quantitative estimate of drug-likeness (QED) is 0.602. The average molecular weight is 223 g/mol. The molecule has 0 aromatic heterocycles. The predicted molar refractivity (Wildman–Crippen MR) is 49.6 cm³/mol. The summed E-state index contributed by atoms with van der Waals surface area (Å²) in [5.74, 6) is -2.48. The molecule has 0 spiro atoms. The fourth-order valence-corrected chi connectivity index (χ4v) is 2.06. The highest BCUT2D eigenvalue weighted by molar-refractivity contribution is 7.92. The number of rotatable bonds is 6. The molecule has 0 atom stereocenters. The van der Waals surface area contributed by atoms with Crippen molar-refractivity contribution in [3.8, 4) is 0 Å². The van der Waals surface area contributed by atoms with E-state index in [2.05, 4.69) is 5.32 Å². The van der Waals surface area contributed by atoms with Gasteiger partial charge in [-0.2, -0.15) is 0 Å². The number of carboxylic acids is 1. The van der Waals surface area contributed by atoms with Crippen molar-refractivity contribution in [2.24, 2.45) is 0 Å². The summed E-state index contributed by atoms with van der Waals surface area (Å²) in [4.78, 5) is 20.8. The molecule has 0 aliphatic carbocycles. The molecule has 0 saturated carbocycles. The zero-order valence-electron chi connectivity index (χ0n) is 7.82. The molecule has 0 aliphatic heterocycles. The summed E-state index contributed by atoms with van der Waals surface area (Å²) in [7, 11) is -2.12. The number of carboxylic acid groups (broad SMARTS) is 1. The Labute approximate surface area is 82.2 Å². The van der Waals surface area contributed by atoms with Crippen LogP contribution in [0.4, 0.5) is 0 Å². The second-order valence-corrected chi connectivity index (χ2v) is 4.95. The minimum absolute atomic E-state index is 0.0364. The molecule has 14 heavy (non-hydrogen) atoms. The van der Waals surface area contributed by atoms with Crippen LogP contribution in [-0.2, 0) is 19.4 Å². The van der Waals surface area contributed by atoms with Crippen LogP contribution in [0.2, 0.25) is 0 Å². The van der Waals surface area contributed by atoms with E-state index in [1.807, 2.05) is 0 Å². The molecule has 0 aromatic rings. The maximum absolute atomic E-state index is 11.1. The van der Waals surface area contributed by atoms with Crippen molar-refractivity contribution in [1.82, 2.24) is 5.32 Å². The van der Waals surface area contributed by atoms with Gasteiger partial charge in [-0.1, -0.05) is 0 Å². The van der Waals surface area contributed by atoms with Crippen molar-refractivity contribution < 1.29 is 23.1 Å². The third kappa shape index (κ3) is 6.41. The van der Waals surface area contributed by atoms with Gasteiger partial charge in [0, 0.05) is 13.5 Å². The standard InChI is InChI=1S/C7H13NO5S/c1-8-6(9)5-14(12,13)4-2-3-7(10)11/h2-5H2,1H3,(H,8,9)(H,10,11). The molecule has 2 N–H and O–H groups in total. The number of hydrogen-bond acceptors (Lipinski definition) is 4. The number of sulfone groups is 1. The van der Waals surface area contributed by atoms with Crippen LogP contribution in [0.3, 0.4) is 0 Å². The minimum atomic E-state index is -3.46. The topological polar surface area (TPSA) is 101 Å². The molecule has 0 aromatic carbocycles. The summed E-state index contributed by atoms with van der Waals surface area (Å²) in [6, 6.07) is 0. The average Bonchev–Trinajstić information content (AvgIpc) is 2.02. The zero-order valence-corrected chi connectivity index (χ0v) is 8.63. The number of carbonyl (C=O) groups excluding carboxylic acids is 1. The molecule has 0 fully saturated rings. The second kappa shape index (κ2) is 5.58. The van der Waals surface area contributed by atoms with E-state index >= 15 is 0 Å². The van der Waals surface area contributed by atoms with Crippen LogP contribution in [0.1, 0.15) is 12.8 Å². The molecule has 7 heteroatoms. The summed E-state index contributed by atoms with van der Waals surface area (Å²) < 4.78 is 22.3. The maximum Gasteiger partial charge on any atom is 0.303 e. The number of aliphatic carboxylic acids is 1. The molecule has 0 saturated heterocycles. The van der Waals surface area contributed by atoms with Crippen LogP contribution in [0.15, 0.2) is 0 Å². The van der Waals surface area contributed by atoms with E-state index in [1.165, 1.54) is 7.05 Å². The van der Waals surface area contributed by atoms with E-state index in [4.69, 9.17) is 5.11 Å². The normalized spacial score (nSPS) is 10.9. The first-order valence-corrected chi connectivity index (χ1v) is 5.82. The zero-order chi connectivity index (χ0) is 11.2. The Bertz CT molecular complexity index is 308. The maximum atomic E-state index is 11.1. The highest BCUT2D eigenvalue weighted by atomic mass is 32.2. The summed E-state index contributed by atoms with van der Waals surface area (Å²) in [6.45, 7) is 0. The summed E-state index contributed by atoms with van der Waals surface area (Å²) in [5, 5.41) is 10.5. The molecule has 0 unspecified atom stereocenters. The fraction of sp³-hybridized carbons (Fsp3) is 0.714. The van der Waals surface area contributed by atoms with Crippen molar-refractivity contribution in [2.75, 3.05) is 18.6 Å². The summed E-state index contributed by atoms with van der Waals surface area (Å²) in [6.07, 6.45) is -0.165. The van der Waals surface area contributed by atoms with Crippen molar-refractivity contribution in [3.63, 3.8) is 0 Å². The molecule has 6 nitrogen and oxygen atoms in total. The predicted octanol–water partition coefficient (Wildman–Crippen LogP) is -0.988. The van der Waals surface area contributed by atoms with Gasteiger partial charge in [-0.15, -0.1) is 0 Å². The lowest BCUT2D eigenvalue weighted by molar-refractivity contribution is -0.137. The molecule has 0 bridgehead atoms. The molecule has 1 amide bonds. The Morgan fingerprint density at radius 2 is 1.93 bits per heavy atom. The van der Waals surface area contributed by atoms with Crippen molar-refractivity contribution in [1.29, 1.82) is 0 Å². The van der Waals surface area contributed by atoms with Crippen molar-refractivity contribution in [2.45, 2.75) is 12.8 Å². The number of amides is 1. The van der Waals surface area contributed by atoms with Crippen LogP contribution in [0.25, 0.3) is 0 Å². The van der Waals surface area contributed by atoms with E-state index < -0.39 is 27.5 Å². The van der Waals surface area contributed by atoms with Crippen LogP contribution in [-0.4, -0.2) is 44.0 Å². The van der Waals surface area contributed by atoms with Crippen LogP contribution >= 0.6 is 0 Å². The Morgan fingerprint density at radius 1 is 1.36 bits per heavy atom. The lowest BCUT2D eigenvalue weighted by Gasteiger charge is -2.01. The SMILES string of the molecule is CNC(=O)CS(=O)(=O)CCCC(=O)O. The van der Waals surface area contributed by atoms with Gasteiger partial charge in [-0.25, -0.2) is 8.42 Å². The molecule has 0 aliphatic rings. The third-order valence-electron chi connectivity index (χ3n) is 1.48. The lowest BCUT2D eigenvalue weighted by Crippen LogP contribution is -2.28. The highest BCUT2D eigenvalue weighted by Crippen LogP contribution is 1.97. The smallest absolute Gasteiger partial charge is 0.303 e. The Balaban J connectivity index is 3.96. The van der Waals surface area contributed by atoms with Gasteiger partial charge in [0.05, 0.1) is 5.75 Å². The Kier molecular flexibility index (Phi) is 5.14. The molecular formula is C7H13NO5S. The van der Waals surface area contributed by atoms with Crippen molar-refractivity contribution in [3.05, 3.63) is 0 Å². The first kappa shape index (κ1) is 12.9. The molecule has 82 valence electrons. The van der Waals surface area contributed by atoms with Gasteiger partial charge in [0.15, 0.2) is 9.84 Å². The number of hydrogen-bond donors (Lipinski definition) is 2. The van der Waals surface area contributed by atoms with Gasteiger partial charge in [0.1, 0.15) is 5.75 Å². The Morgan fingerprint density at radius 3 is 2.36 bits per heavy atom. The highest BCUT2D eigenvalue weighted by Gasteiger charge is 2.15. The van der Waals surface area contributed by atoms with E-state index in [0.29, 0.717) is 0 Å². The van der Waals surface area contributed by atoms with Crippen LogP contribution < -0.4 is 5.32 Å². The summed E-state index contributed by atoms with van der Waals surface area (Å²) >= 11 is 0. The van der Waals surface area contributed by atoms with Gasteiger partial charge >= 0.3 is 5.97 Å². The van der Waals surface area contributed by atoms with Crippen LogP contribution in [0, 0.1) is 0 Å². The first-order valence-electron chi connectivity index (χ1n) is 4.00. The number of carbonyl (C=O) groups is 2. The van der Waals surface area contributed by atoms with E-state index in [0.717, 1.165) is 0 Å². The third-order valence-corrected chi connectivity index (χ3v) is 3.09. The van der Waals surface area contributed by atoms with Gasteiger partial charge in [0.2, 0.25) is 5.91 Å². The van der Waals surface area contributed by atoms with E-state index in [1.54, 1.807) is 0 Å². The number of nitrogens with one attached hydrogen (secondary N) is 1. The van der Waals surface area contributed by atoms with Gasteiger partial charge in [0.25, 0.3) is 0 Å². The van der Waals surface area contributed by atoms with E-state index in [9.17, 15) is 18.0 Å². The summed E-state index contributed by atoms with van der Waals surface area (Å²) in [5.41, 5.74) is 0. The fourth-order valence-electron chi connectivity index (χ4n) is 0.787. The van der Waals surface area contributed by atoms with Gasteiger partial charge < -0.3 is 10.4 Å². The van der Waals surface area contributed by atoms with Gasteiger partial charge in [-0.3, -0.25) is 9.59 Å². The largest absolute Gasteiger partial charge is 0.481 e. The van der Waals surface area contributed by atoms with Crippen LogP contribution in [0.5, 0.6) is 0 Å². The lowest BCUT2D eigenvalue weighted by atomic mass is 10.3. The molecular weight excluding hydrogens is 210 g/mol. The second-order valence-electron chi connectivity index (χ2n) is 2.76. The molecule has 0 heterocycles. The van der Waals surface area contributed by atoms with Crippen molar-refractivity contribution >= 4 is 21.7 Å². The monoisotopic (exact) mass is 223 g/mol.